The van der Waals surface area contributed by atoms with Crippen molar-refractivity contribution >= 4 is 22.5 Å². The topological polar surface area (TPSA) is 70.9 Å². The van der Waals surface area contributed by atoms with Crippen LogP contribution in [0.15, 0.2) is 30.5 Å². The summed E-state index contributed by atoms with van der Waals surface area (Å²) < 4.78 is 0. The Morgan fingerprint density at radius 3 is 2.85 bits per heavy atom. The van der Waals surface area contributed by atoms with Gasteiger partial charge in [0.2, 0.25) is 5.91 Å². The molecule has 108 valence electrons. The Labute approximate surface area is 119 Å². The molecule has 4 heteroatoms. The molecule has 2 rings (SSSR count). The molecule has 0 unspecified atom stereocenters. The number of carbonyl (C=O) groups is 1. The van der Waals surface area contributed by atoms with Gasteiger partial charge in [-0.1, -0.05) is 13.8 Å². The molecule has 4 nitrogen and oxygen atoms in total. The van der Waals surface area contributed by atoms with Crippen molar-refractivity contribution in [1.82, 2.24) is 4.98 Å². The van der Waals surface area contributed by atoms with Crippen molar-refractivity contribution in [3.63, 3.8) is 0 Å². The molecule has 1 aromatic carbocycles. The maximum absolute atomic E-state index is 12.1. The van der Waals surface area contributed by atoms with E-state index in [1.165, 1.54) is 0 Å². The molecule has 0 aliphatic heterocycles. The van der Waals surface area contributed by atoms with Gasteiger partial charge in [-0.3, -0.25) is 4.79 Å². The summed E-state index contributed by atoms with van der Waals surface area (Å²) in [4.78, 5) is 15.2. The van der Waals surface area contributed by atoms with Crippen molar-refractivity contribution in [2.45, 2.75) is 26.7 Å². The van der Waals surface area contributed by atoms with Gasteiger partial charge in [0.15, 0.2) is 0 Å². The number of hydrogen-bond donors (Lipinski definition) is 3. The number of nitrogens with two attached hydrogens (primary N) is 1. The molecule has 1 amide bonds. The highest BCUT2D eigenvalue weighted by atomic mass is 16.1. The van der Waals surface area contributed by atoms with Crippen LogP contribution < -0.4 is 11.1 Å². The second kappa shape index (κ2) is 6.57. The molecule has 1 aromatic heterocycles. The number of carbonyl (C=O) groups excluding carboxylic acids is 1. The monoisotopic (exact) mass is 273 g/mol. The van der Waals surface area contributed by atoms with Gasteiger partial charge < -0.3 is 16.0 Å². The van der Waals surface area contributed by atoms with Crippen LogP contribution >= 0.6 is 0 Å². The fourth-order valence-electron chi connectivity index (χ4n) is 2.53. The molecular weight excluding hydrogens is 250 g/mol. The molecule has 0 saturated heterocycles. The Morgan fingerprint density at radius 1 is 1.35 bits per heavy atom. The van der Waals surface area contributed by atoms with Crippen LogP contribution in [0.3, 0.4) is 0 Å². The third-order valence-electron chi connectivity index (χ3n) is 3.45. The number of nitrogens with one attached hydrogen (secondary N) is 2. The molecule has 1 heterocycles. The first-order chi connectivity index (χ1) is 9.58. The van der Waals surface area contributed by atoms with Gasteiger partial charge in [0, 0.05) is 29.2 Å². The van der Waals surface area contributed by atoms with Crippen LogP contribution in [0, 0.1) is 11.8 Å². The molecule has 4 N–H and O–H groups in total. The number of rotatable bonds is 6. The quantitative estimate of drug-likeness (QED) is 0.756. The average molecular weight is 273 g/mol. The van der Waals surface area contributed by atoms with E-state index in [9.17, 15) is 4.79 Å². The van der Waals surface area contributed by atoms with E-state index in [1.54, 1.807) is 0 Å². The van der Waals surface area contributed by atoms with Crippen LogP contribution in [0.4, 0.5) is 5.69 Å². The van der Waals surface area contributed by atoms with E-state index in [2.05, 4.69) is 24.1 Å². The summed E-state index contributed by atoms with van der Waals surface area (Å²) in [5.74, 6) is 0.856. The zero-order valence-electron chi connectivity index (χ0n) is 12.1. The highest BCUT2D eigenvalue weighted by molar-refractivity contribution is 5.93. The van der Waals surface area contributed by atoms with Gasteiger partial charge >= 0.3 is 0 Å². The molecule has 0 spiro atoms. The van der Waals surface area contributed by atoms with E-state index in [1.807, 2.05) is 30.5 Å². The lowest BCUT2D eigenvalue weighted by Gasteiger charge is -2.16. The van der Waals surface area contributed by atoms with Crippen LogP contribution in [-0.2, 0) is 4.79 Å². The molecular formula is C16H23N3O. The first-order valence-corrected chi connectivity index (χ1v) is 7.15. The van der Waals surface area contributed by atoms with Crippen molar-refractivity contribution in [2.75, 3.05) is 11.9 Å². The van der Waals surface area contributed by atoms with Crippen LogP contribution in [0.1, 0.15) is 26.7 Å². The number of aromatic nitrogens is 1. The first-order valence-electron chi connectivity index (χ1n) is 7.15. The summed E-state index contributed by atoms with van der Waals surface area (Å²) in [6.45, 7) is 4.86. The number of benzene rings is 1. The van der Waals surface area contributed by atoms with E-state index >= 15 is 0 Å². The summed E-state index contributed by atoms with van der Waals surface area (Å²) in [5.41, 5.74) is 7.65. The fraction of sp³-hybridized carbons (Fsp3) is 0.438. The normalized spacial score (nSPS) is 12.8. The minimum atomic E-state index is 0.0379. The molecule has 0 radical (unpaired) electrons. The highest BCUT2D eigenvalue weighted by Crippen LogP contribution is 2.19. The van der Waals surface area contributed by atoms with Crippen LogP contribution in [0.2, 0.25) is 0 Å². The predicted molar refractivity (Wildman–Crippen MR) is 83.5 cm³/mol. The fourth-order valence-corrected chi connectivity index (χ4v) is 2.53. The lowest BCUT2D eigenvalue weighted by atomic mass is 9.94. The first kappa shape index (κ1) is 14.6. The second-order valence-corrected chi connectivity index (χ2v) is 5.76. The van der Waals surface area contributed by atoms with E-state index < -0.39 is 0 Å². The average Bonchev–Trinajstić information content (AvgIpc) is 2.84. The lowest BCUT2D eigenvalue weighted by molar-refractivity contribution is -0.117. The molecule has 0 bridgehead atoms. The number of H-pyrrole nitrogens is 1. The minimum Gasteiger partial charge on any atom is -0.361 e. The molecule has 0 aliphatic carbocycles. The molecule has 2 aromatic rings. The van der Waals surface area contributed by atoms with Gasteiger partial charge in [-0.15, -0.1) is 0 Å². The second-order valence-electron chi connectivity index (χ2n) is 5.76. The molecule has 20 heavy (non-hydrogen) atoms. The molecule has 0 saturated carbocycles. The largest absolute Gasteiger partial charge is 0.361 e. The van der Waals surface area contributed by atoms with E-state index in [4.69, 9.17) is 5.73 Å². The van der Waals surface area contributed by atoms with Gasteiger partial charge in [0.05, 0.1) is 0 Å². The Hall–Kier alpha value is -1.81. The minimum absolute atomic E-state index is 0.0379. The number of fused-ring (bicyclic) bond motifs is 1. The molecule has 1 atom stereocenters. The Balaban J connectivity index is 1.96. The SMILES string of the molecule is CC(C)C[C@H](CN)CC(=O)Nc1ccc2[nH]ccc2c1. The van der Waals surface area contributed by atoms with Crippen molar-refractivity contribution in [1.29, 1.82) is 0 Å². The van der Waals surface area contributed by atoms with Gasteiger partial charge in [0.25, 0.3) is 0 Å². The Bertz CT molecular complexity index is 574. The summed E-state index contributed by atoms with van der Waals surface area (Å²) in [6.07, 6.45) is 3.37. The third-order valence-corrected chi connectivity index (χ3v) is 3.45. The van der Waals surface area contributed by atoms with Crippen molar-refractivity contribution in [2.24, 2.45) is 17.6 Å². The summed E-state index contributed by atoms with van der Waals surface area (Å²) in [7, 11) is 0. The zero-order valence-corrected chi connectivity index (χ0v) is 12.1. The van der Waals surface area contributed by atoms with Gasteiger partial charge in [-0.05, 0) is 49.1 Å². The van der Waals surface area contributed by atoms with Gasteiger partial charge in [-0.25, -0.2) is 0 Å². The lowest BCUT2D eigenvalue weighted by Crippen LogP contribution is -2.23. The predicted octanol–water partition coefficient (Wildman–Crippen LogP) is 3.12. The van der Waals surface area contributed by atoms with E-state index in [-0.39, 0.29) is 11.8 Å². The standard InChI is InChI=1S/C16H23N3O/c1-11(2)7-12(10-17)8-16(20)19-14-3-4-15-13(9-14)5-6-18-15/h3-6,9,11-12,18H,7-8,10,17H2,1-2H3,(H,19,20)/t12-/m0/s1. The smallest absolute Gasteiger partial charge is 0.224 e. The molecule has 0 aliphatic rings. The number of hydrogen-bond acceptors (Lipinski definition) is 2. The van der Waals surface area contributed by atoms with E-state index in [0.29, 0.717) is 18.9 Å². The van der Waals surface area contributed by atoms with Crippen LogP contribution in [0.5, 0.6) is 0 Å². The number of aromatic amines is 1. The highest BCUT2D eigenvalue weighted by Gasteiger charge is 2.14. The zero-order chi connectivity index (χ0) is 14.5. The number of amides is 1. The summed E-state index contributed by atoms with van der Waals surface area (Å²) in [5, 5.41) is 4.05. The summed E-state index contributed by atoms with van der Waals surface area (Å²) >= 11 is 0. The van der Waals surface area contributed by atoms with Crippen molar-refractivity contribution in [3.05, 3.63) is 30.5 Å². The Kier molecular flexibility index (Phi) is 4.79. The van der Waals surface area contributed by atoms with Crippen molar-refractivity contribution < 1.29 is 4.79 Å². The van der Waals surface area contributed by atoms with Crippen molar-refractivity contribution in [3.8, 4) is 0 Å². The third kappa shape index (κ3) is 3.84. The maximum Gasteiger partial charge on any atom is 0.224 e. The summed E-state index contributed by atoms with van der Waals surface area (Å²) in [6, 6.07) is 7.85. The maximum atomic E-state index is 12.1. The van der Waals surface area contributed by atoms with Gasteiger partial charge in [0.1, 0.15) is 0 Å². The number of anilines is 1. The Morgan fingerprint density at radius 2 is 2.15 bits per heavy atom. The van der Waals surface area contributed by atoms with E-state index in [0.717, 1.165) is 23.0 Å². The van der Waals surface area contributed by atoms with Crippen LogP contribution in [-0.4, -0.2) is 17.4 Å². The van der Waals surface area contributed by atoms with Gasteiger partial charge in [-0.2, -0.15) is 0 Å². The van der Waals surface area contributed by atoms with Crippen LogP contribution in [0.25, 0.3) is 10.9 Å². The molecule has 0 fully saturated rings.